The standard InChI is InChI=1S/C23H28N4O2/c1-14-19(22(29)27-21(26-14)18-2-4-24-5-3-18)9-20(28)25-13-23-10-15-6-16(11-23)8-17(7-15)12-23/h2-5,15-17H,6-13H2,1H3,(H,25,28)(H,26,27,29). The number of pyridine rings is 1. The first-order valence-corrected chi connectivity index (χ1v) is 10.8. The Bertz CT molecular complexity index is 947. The van der Waals surface area contributed by atoms with E-state index in [0.29, 0.717) is 22.5 Å². The Morgan fingerprint density at radius 1 is 1.14 bits per heavy atom. The second-order valence-electron chi connectivity index (χ2n) is 9.59. The third-order valence-corrected chi connectivity index (χ3v) is 7.34. The Kier molecular flexibility index (Phi) is 4.52. The fourth-order valence-corrected chi connectivity index (χ4v) is 6.48. The van der Waals surface area contributed by atoms with Gasteiger partial charge in [0, 0.05) is 35.8 Å². The molecule has 2 aromatic rings. The average Bonchev–Trinajstić information content (AvgIpc) is 2.69. The SMILES string of the molecule is Cc1nc(-c2ccncc2)[nH]c(=O)c1CC(=O)NCC12CC3CC(CC(C3)C1)C2. The number of carbonyl (C=O) groups excluding carboxylic acids is 1. The molecule has 4 aliphatic rings. The minimum absolute atomic E-state index is 0.0761. The highest BCUT2D eigenvalue weighted by Crippen LogP contribution is 2.59. The molecular weight excluding hydrogens is 364 g/mol. The fraction of sp³-hybridized carbons (Fsp3) is 0.565. The van der Waals surface area contributed by atoms with Crippen molar-refractivity contribution in [3.05, 3.63) is 46.1 Å². The van der Waals surface area contributed by atoms with Gasteiger partial charge in [-0.15, -0.1) is 0 Å². The Hall–Kier alpha value is -2.50. The first kappa shape index (κ1) is 18.5. The van der Waals surface area contributed by atoms with Crippen LogP contribution in [0.1, 0.15) is 49.8 Å². The van der Waals surface area contributed by atoms with Crippen LogP contribution >= 0.6 is 0 Å². The van der Waals surface area contributed by atoms with Crippen LogP contribution in [0, 0.1) is 30.1 Å². The van der Waals surface area contributed by atoms with Crippen LogP contribution < -0.4 is 10.9 Å². The first-order chi connectivity index (χ1) is 14.0. The van der Waals surface area contributed by atoms with Crippen molar-refractivity contribution in [2.75, 3.05) is 6.54 Å². The number of nitrogens with one attached hydrogen (secondary N) is 2. The maximum atomic E-state index is 12.7. The first-order valence-electron chi connectivity index (χ1n) is 10.8. The summed E-state index contributed by atoms with van der Waals surface area (Å²) in [6.07, 6.45) is 11.4. The summed E-state index contributed by atoms with van der Waals surface area (Å²) in [6.45, 7) is 2.55. The average molecular weight is 393 g/mol. The molecule has 2 aromatic heterocycles. The van der Waals surface area contributed by atoms with Gasteiger partial charge < -0.3 is 10.3 Å². The number of aromatic amines is 1. The minimum atomic E-state index is -0.241. The summed E-state index contributed by atoms with van der Waals surface area (Å²) in [7, 11) is 0. The second-order valence-corrected chi connectivity index (χ2v) is 9.59. The van der Waals surface area contributed by atoms with Gasteiger partial charge in [0.1, 0.15) is 5.82 Å². The van der Waals surface area contributed by atoms with Crippen molar-refractivity contribution in [2.45, 2.75) is 51.9 Å². The van der Waals surface area contributed by atoms with E-state index in [1.807, 2.05) is 0 Å². The van der Waals surface area contributed by atoms with Crippen molar-refractivity contribution in [1.82, 2.24) is 20.3 Å². The number of rotatable bonds is 5. The molecule has 1 amide bonds. The highest BCUT2D eigenvalue weighted by atomic mass is 16.2. The molecule has 2 heterocycles. The lowest BCUT2D eigenvalue weighted by Gasteiger charge is -2.56. The van der Waals surface area contributed by atoms with Gasteiger partial charge in [0.2, 0.25) is 5.91 Å². The van der Waals surface area contributed by atoms with Crippen LogP contribution in [0.2, 0.25) is 0 Å². The second kappa shape index (κ2) is 7.08. The smallest absolute Gasteiger partial charge is 0.255 e. The number of H-pyrrole nitrogens is 1. The summed E-state index contributed by atoms with van der Waals surface area (Å²) >= 11 is 0. The molecule has 0 unspecified atom stereocenters. The number of hydrogen-bond acceptors (Lipinski definition) is 4. The van der Waals surface area contributed by atoms with Crippen LogP contribution in [0.3, 0.4) is 0 Å². The molecule has 4 fully saturated rings. The van der Waals surface area contributed by atoms with Gasteiger partial charge in [0.05, 0.1) is 6.42 Å². The molecule has 2 N–H and O–H groups in total. The van der Waals surface area contributed by atoms with E-state index in [0.717, 1.165) is 29.9 Å². The molecule has 0 atom stereocenters. The minimum Gasteiger partial charge on any atom is -0.355 e. The molecule has 0 aromatic carbocycles. The van der Waals surface area contributed by atoms with Crippen LogP contribution in [-0.2, 0) is 11.2 Å². The maximum Gasteiger partial charge on any atom is 0.255 e. The zero-order chi connectivity index (χ0) is 20.0. The molecule has 4 saturated carbocycles. The number of amides is 1. The Labute approximate surface area is 170 Å². The maximum absolute atomic E-state index is 12.7. The van der Waals surface area contributed by atoms with E-state index < -0.39 is 0 Å². The summed E-state index contributed by atoms with van der Waals surface area (Å²) in [4.78, 5) is 36.6. The highest BCUT2D eigenvalue weighted by molar-refractivity contribution is 5.78. The van der Waals surface area contributed by atoms with Gasteiger partial charge >= 0.3 is 0 Å². The zero-order valence-electron chi connectivity index (χ0n) is 16.9. The molecule has 0 aliphatic heterocycles. The summed E-state index contributed by atoms with van der Waals surface area (Å²) in [5, 5.41) is 3.16. The van der Waals surface area contributed by atoms with Gasteiger partial charge in [-0.3, -0.25) is 14.6 Å². The quantitative estimate of drug-likeness (QED) is 0.819. The Morgan fingerprint density at radius 2 is 1.76 bits per heavy atom. The van der Waals surface area contributed by atoms with Gasteiger partial charge in [-0.05, 0) is 80.8 Å². The molecule has 0 saturated heterocycles. The van der Waals surface area contributed by atoms with Gasteiger partial charge in [-0.1, -0.05) is 0 Å². The number of aryl methyl sites for hydroxylation is 1. The van der Waals surface area contributed by atoms with Crippen molar-refractivity contribution in [3.8, 4) is 11.4 Å². The van der Waals surface area contributed by atoms with Gasteiger partial charge in [0.15, 0.2) is 0 Å². The summed E-state index contributed by atoms with van der Waals surface area (Å²) in [6, 6.07) is 3.60. The lowest BCUT2D eigenvalue weighted by atomic mass is 9.49. The van der Waals surface area contributed by atoms with E-state index in [-0.39, 0.29) is 17.9 Å². The molecule has 29 heavy (non-hydrogen) atoms. The molecule has 152 valence electrons. The van der Waals surface area contributed by atoms with Crippen molar-refractivity contribution in [3.63, 3.8) is 0 Å². The third kappa shape index (κ3) is 3.61. The monoisotopic (exact) mass is 392 g/mol. The topological polar surface area (TPSA) is 87.7 Å². The van der Waals surface area contributed by atoms with Crippen molar-refractivity contribution in [1.29, 1.82) is 0 Å². The molecular formula is C23H28N4O2. The van der Waals surface area contributed by atoms with E-state index in [1.54, 1.807) is 31.5 Å². The summed E-state index contributed by atoms with van der Waals surface area (Å²) in [5.74, 6) is 3.04. The third-order valence-electron chi connectivity index (χ3n) is 7.34. The number of carbonyl (C=O) groups is 1. The van der Waals surface area contributed by atoms with Crippen LogP contribution in [0.5, 0.6) is 0 Å². The van der Waals surface area contributed by atoms with E-state index in [9.17, 15) is 9.59 Å². The predicted molar refractivity (Wildman–Crippen MR) is 110 cm³/mol. The Morgan fingerprint density at radius 3 is 2.34 bits per heavy atom. The molecule has 4 bridgehead atoms. The Balaban J connectivity index is 1.26. The van der Waals surface area contributed by atoms with E-state index in [4.69, 9.17) is 0 Å². The molecule has 6 nitrogen and oxygen atoms in total. The van der Waals surface area contributed by atoms with E-state index in [2.05, 4.69) is 20.3 Å². The summed E-state index contributed by atoms with van der Waals surface area (Å²) in [5.41, 5.74) is 1.92. The lowest BCUT2D eigenvalue weighted by Crippen LogP contribution is -2.51. The molecule has 6 rings (SSSR count). The molecule has 6 heteroatoms. The normalized spacial score (nSPS) is 29.8. The van der Waals surface area contributed by atoms with Gasteiger partial charge in [-0.25, -0.2) is 4.98 Å². The number of hydrogen-bond donors (Lipinski definition) is 2. The number of nitrogens with zero attached hydrogens (tertiary/aromatic N) is 2. The zero-order valence-corrected chi connectivity index (χ0v) is 16.9. The van der Waals surface area contributed by atoms with Gasteiger partial charge in [-0.2, -0.15) is 0 Å². The van der Waals surface area contributed by atoms with E-state index >= 15 is 0 Å². The molecule has 0 spiro atoms. The number of aromatic nitrogens is 3. The van der Waals surface area contributed by atoms with Crippen LogP contribution in [0.15, 0.2) is 29.3 Å². The largest absolute Gasteiger partial charge is 0.355 e. The lowest BCUT2D eigenvalue weighted by molar-refractivity contribution is -0.122. The predicted octanol–water partition coefficient (Wildman–Crippen LogP) is 3.02. The molecule has 0 radical (unpaired) electrons. The fourth-order valence-electron chi connectivity index (χ4n) is 6.48. The van der Waals surface area contributed by atoms with Crippen LogP contribution in [0.25, 0.3) is 11.4 Å². The molecule has 4 aliphatic carbocycles. The summed E-state index contributed by atoms with van der Waals surface area (Å²) < 4.78 is 0. The van der Waals surface area contributed by atoms with Crippen LogP contribution in [-0.4, -0.2) is 27.4 Å². The van der Waals surface area contributed by atoms with Crippen molar-refractivity contribution in [2.24, 2.45) is 23.2 Å². The van der Waals surface area contributed by atoms with E-state index in [1.165, 1.54) is 38.5 Å². The van der Waals surface area contributed by atoms with Gasteiger partial charge in [0.25, 0.3) is 5.56 Å². The van der Waals surface area contributed by atoms with Crippen LogP contribution in [0.4, 0.5) is 0 Å². The van der Waals surface area contributed by atoms with Crippen molar-refractivity contribution < 1.29 is 4.79 Å². The van der Waals surface area contributed by atoms with Crippen molar-refractivity contribution >= 4 is 5.91 Å². The highest BCUT2D eigenvalue weighted by Gasteiger charge is 2.50.